The SMILES string of the molecule is COC(=O)Cc1csc(C2SCCSC2C)n1. The first-order valence-corrected chi connectivity index (χ1v) is 8.42. The molecule has 0 spiro atoms. The first-order chi connectivity index (χ1) is 8.20. The third-order valence-electron chi connectivity index (χ3n) is 2.55. The van der Waals surface area contributed by atoms with Crippen LogP contribution in [0.1, 0.15) is 22.9 Å². The number of carbonyl (C=O) groups excluding carboxylic acids is 1. The Balaban J connectivity index is 2.04. The highest BCUT2D eigenvalue weighted by Crippen LogP contribution is 2.43. The van der Waals surface area contributed by atoms with Crippen molar-refractivity contribution in [3.8, 4) is 0 Å². The number of thiazole rings is 1. The number of carbonyl (C=O) groups is 1. The van der Waals surface area contributed by atoms with E-state index < -0.39 is 0 Å². The normalized spacial score (nSPS) is 24.6. The second-order valence-electron chi connectivity index (χ2n) is 3.80. The molecule has 0 aromatic carbocycles. The van der Waals surface area contributed by atoms with E-state index >= 15 is 0 Å². The number of hydrogen-bond donors (Lipinski definition) is 0. The van der Waals surface area contributed by atoms with Crippen molar-refractivity contribution >= 4 is 40.8 Å². The molecule has 17 heavy (non-hydrogen) atoms. The Morgan fingerprint density at radius 1 is 1.53 bits per heavy atom. The third kappa shape index (κ3) is 3.39. The maximum absolute atomic E-state index is 11.2. The molecule has 1 fully saturated rings. The van der Waals surface area contributed by atoms with Gasteiger partial charge in [-0.3, -0.25) is 4.79 Å². The zero-order chi connectivity index (χ0) is 12.3. The van der Waals surface area contributed by atoms with E-state index in [0.717, 1.165) is 10.7 Å². The van der Waals surface area contributed by atoms with Gasteiger partial charge in [-0.25, -0.2) is 4.98 Å². The predicted octanol–water partition coefficient (Wildman–Crippen LogP) is 2.77. The van der Waals surface area contributed by atoms with Crippen LogP contribution in [0.15, 0.2) is 5.38 Å². The Labute approximate surface area is 114 Å². The molecule has 1 aliphatic heterocycles. The fourth-order valence-electron chi connectivity index (χ4n) is 1.66. The summed E-state index contributed by atoms with van der Waals surface area (Å²) in [4.78, 5) is 15.7. The number of aromatic nitrogens is 1. The summed E-state index contributed by atoms with van der Waals surface area (Å²) in [6, 6.07) is 0. The summed E-state index contributed by atoms with van der Waals surface area (Å²) < 4.78 is 4.65. The van der Waals surface area contributed by atoms with Crippen molar-refractivity contribution in [2.45, 2.75) is 23.8 Å². The quantitative estimate of drug-likeness (QED) is 0.800. The minimum absolute atomic E-state index is 0.222. The number of hydrogen-bond acceptors (Lipinski definition) is 6. The van der Waals surface area contributed by atoms with E-state index in [1.807, 2.05) is 28.9 Å². The van der Waals surface area contributed by atoms with Crippen LogP contribution in [0.4, 0.5) is 0 Å². The molecule has 94 valence electrons. The van der Waals surface area contributed by atoms with Gasteiger partial charge in [0.25, 0.3) is 0 Å². The van der Waals surface area contributed by atoms with E-state index in [1.165, 1.54) is 18.6 Å². The van der Waals surface area contributed by atoms with Gasteiger partial charge in [0.2, 0.25) is 0 Å². The molecule has 1 aliphatic rings. The van der Waals surface area contributed by atoms with Crippen molar-refractivity contribution in [3.05, 3.63) is 16.1 Å². The van der Waals surface area contributed by atoms with Crippen LogP contribution in [0, 0.1) is 0 Å². The Bertz CT molecular complexity index is 394. The number of thioether (sulfide) groups is 2. The molecule has 6 heteroatoms. The van der Waals surface area contributed by atoms with Gasteiger partial charge in [0.15, 0.2) is 0 Å². The molecule has 3 nitrogen and oxygen atoms in total. The van der Waals surface area contributed by atoms with Crippen molar-refractivity contribution < 1.29 is 9.53 Å². The first-order valence-electron chi connectivity index (χ1n) is 5.45. The van der Waals surface area contributed by atoms with E-state index in [0.29, 0.717) is 10.5 Å². The molecule has 1 aromatic rings. The van der Waals surface area contributed by atoms with Crippen molar-refractivity contribution in [3.63, 3.8) is 0 Å². The number of ether oxygens (including phenoxy) is 1. The van der Waals surface area contributed by atoms with Crippen molar-refractivity contribution in [1.29, 1.82) is 0 Å². The zero-order valence-electron chi connectivity index (χ0n) is 9.84. The number of nitrogens with zero attached hydrogens (tertiary/aromatic N) is 1. The molecule has 2 atom stereocenters. The van der Waals surface area contributed by atoms with E-state index in [4.69, 9.17) is 0 Å². The number of methoxy groups -OCH3 is 1. The van der Waals surface area contributed by atoms with Crippen molar-refractivity contribution in [2.24, 2.45) is 0 Å². The van der Waals surface area contributed by atoms with Crippen LogP contribution in [-0.4, -0.2) is 34.8 Å². The average molecular weight is 289 g/mol. The molecule has 1 aromatic heterocycles. The van der Waals surface area contributed by atoms with Crippen molar-refractivity contribution in [1.82, 2.24) is 4.98 Å². The summed E-state index contributed by atoms with van der Waals surface area (Å²) in [5.41, 5.74) is 0.834. The highest BCUT2D eigenvalue weighted by molar-refractivity contribution is 8.06. The van der Waals surface area contributed by atoms with Gasteiger partial charge in [-0.2, -0.15) is 11.8 Å². The van der Waals surface area contributed by atoms with Crippen LogP contribution in [-0.2, 0) is 16.0 Å². The fraction of sp³-hybridized carbons (Fsp3) is 0.636. The standard InChI is InChI=1S/C11H15NO2S3/c1-7-10(16-4-3-15-7)11-12-8(6-17-11)5-9(13)14-2/h6-7,10H,3-5H2,1-2H3. The monoisotopic (exact) mass is 289 g/mol. The molecule has 1 saturated heterocycles. The minimum atomic E-state index is -0.222. The van der Waals surface area contributed by atoms with Gasteiger partial charge in [-0.1, -0.05) is 6.92 Å². The Hall–Kier alpha value is -0.200. The molecule has 0 saturated carbocycles. The minimum Gasteiger partial charge on any atom is -0.469 e. The van der Waals surface area contributed by atoms with Crippen LogP contribution in [0.2, 0.25) is 0 Å². The average Bonchev–Trinajstić information content (AvgIpc) is 2.78. The Kier molecular flexibility index (Phi) is 4.76. The molecule has 0 aliphatic carbocycles. The summed E-state index contributed by atoms with van der Waals surface area (Å²) in [6.07, 6.45) is 0.284. The molecule has 2 rings (SSSR count). The summed E-state index contributed by atoms with van der Waals surface area (Å²) in [7, 11) is 1.41. The lowest BCUT2D eigenvalue weighted by atomic mass is 10.3. The van der Waals surface area contributed by atoms with Gasteiger partial charge in [0.1, 0.15) is 5.01 Å². The van der Waals surface area contributed by atoms with E-state index in [2.05, 4.69) is 16.6 Å². The van der Waals surface area contributed by atoms with E-state index in [1.54, 1.807) is 11.3 Å². The van der Waals surface area contributed by atoms with Crippen LogP contribution in [0.3, 0.4) is 0 Å². The molecular formula is C11H15NO2S3. The van der Waals surface area contributed by atoms with Gasteiger partial charge in [0.05, 0.1) is 24.5 Å². The summed E-state index contributed by atoms with van der Waals surface area (Å²) in [5.74, 6) is 2.19. The topological polar surface area (TPSA) is 39.2 Å². The Morgan fingerprint density at radius 2 is 2.29 bits per heavy atom. The Morgan fingerprint density at radius 3 is 3.00 bits per heavy atom. The van der Waals surface area contributed by atoms with Gasteiger partial charge < -0.3 is 4.74 Å². The largest absolute Gasteiger partial charge is 0.469 e. The molecule has 0 radical (unpaired) electrons. The lowest BCUT2D eigenvalue weighted by molar-refractivity contribution is -0.139. The summed E-state index contributed by atoms with van der Waals surface area (Å²) >= 11 is 5.64. The number of esters is 1. The van der Waals surface area contributed by atoms with Crippen molar-refractivity contribution in [2.75, 3.05) is 18.6 Å². The third-order valence-corrected chi connectivity index (χ3v) is 6.78. The summed E-state index contributed by atoms with van der Waals surface area (Å²) in [6.45, 7) is 2.25. The van der Waals surface area contributed by atoms with Gasteiger partial charge in [-0.05, 0) is 0 Å². The zero-order valence-corrected chi connectivity index (χ0v) is 12.3. The lowest BCUT2D eigenvalue weighted by Gasteiger charge is -2.25. The smallest absolute Gasteiger partial charge is 0.311 e. The maximum Gasteiger partial charge on any atom is 0.311 e. The van der Waals surface area contributed by atoms with Crippen LogP contribution >= 0.6 is 34.9 Å². The lowest BCUT2D eigenvalue weighted by Crippen LogP contribution is -2.15. The van der Waals surface area contributed by atoms with E-state index in [9.17, 15) is 4.79 Å². The van der Waals surface area contributed by atoms with Crippen LogP contribution < -0.4 is 0 Å². The molecule has 0 N–H and O–H groups in total. The summed E-state index contributed by atoms with van der Waals surface area (Å²) in [5, 5.41) is 4.20. The molecule has 0 amide bonds. The van der Waals surface area contributed by atoms with Crippen LogP contribution in [0.25, 0.3) is 0 Å². The molecule has 2 unspecified atom stereocenters. The maximum atomic E-state index is 11.2. The van der Waals surface area contributed by atoms with Gasteiger partial charge >= 0.3 is 5.97 Å². The fourth-order valence-corrected chi connectivity index (χ4v) is 5.65. The molecular weight excluding hydrogens is 274 g/mol. The highest BCUT2D eigenvalue weighted by atomic mass is 32.2. The molecule has 0 bridgehead atoms. The number of rotatable bonds is 3. The molecule has 2 heterocycles. The van der Waals surface area contributed by atoms with Crippen LogP contribution in [0.5, 0.6) is 0 Å². The van der Waals surface area contributed by atoms with E-state index in [-0.39, 0.29) is 12.4 Å². The second kappa shape index (κ2) is 6.11. The highest BCUT2D eigenvalue weighted by Gasteiger charge is 2.26. The van der Waals surface area contributed by atoms with Gasteiger partial charge in [0, 0.05) is 22.1 Å². The predicted molar refractivity (Wildman–Crippen MR) is 75.0 cm³/mol. The first kappa shape index (κ1) is 13.2. The van der Waals surface area contributed by atoms with Gasteiger partial charge in [-0.15, -0.1) is 23.1 Å². The second-order valence-corrected chi connectivity index (χ2v) is 7.42.